The molecule has 9 heteroatoms. The topological polar surface area (TPSA) is 103 Å². The van der Waals surface area contributed by atoms with Crippen LogP contribution in [0.25, 0.3) is 0 Å². The molecule has 132 valence electrons. The summed E-state index contributed by atoms with van der Waals surface area (Å²) in [5.41, 5.74) is 0.783. The lowest BCUT2D eigenvalue weighted by Gasteiger charge is -2.19. The van der Waals surface area contributed by atoms with Gasteiger partial charge in [0.2, 0.25) is 0 Å². The van der Waals surface area contributed by atoms with Crippen molar-refractivity contribution in [1.29, 1.82) is 0 Å². The Labute approximate surface area is 144 Å². The molecule has 0 saturated carbocycles. The van der Waals surface area contributed by atoms with Crippen LogP contribution in [-0.4, -0.2) is 34.8 Å². The lowest BCUT2D eigenvalue weighted by atomic mass is 10.3. The second-order valence-corrected chi connectivity index (χ2v) is 6.79. The van der Waals surface area contributed by atoms with Gasteiger partial charge < -0.3 is 14.2 Å². The summed E-state index contributed by atoms with van der Waals surface area (Å²) in [6.07, 6.45) is -0.634. The molecular formula is C16H16N2O6S. The molecule has 1 amide bonds. The Hall–Kier alpha value is -2.94. The first kappa shape index (κ1) is 16.9. The summed E-state index contributed by atoms with van der Waals surface area (Å²) >= 11 is 0. The van der Waals surface area contributed by atoms with E-state index in [1.54, 1.807) is 18.2 Å². The van der Waals surface area contributed by atoms with E-state index in [-0.39, 0.29) is 4.90 Å². The van der Waals surface area contributed by atoms with E-state index < -0.39 is 16.1 Å². The molecule has 2 aromatic rings. The minimum atomic E-state index is -3.78. The monoisotopic (exact) mass is 364 g/mol. The number of fused-ring (bicyclic) bond motifs is 1. The normalized spacial score (nSPS) is 13.0. The van der Waals surface area contributed by atoms with Gasteiger partial charge in [0.1, 0.15) is 13.2 Å². The van der Waals surface area contributed by atoms with E-state index in [4.69, 9.17) is 9.47 Å². The van der Waals surface area contributed by atoms with E-state index >= 15 is 0 Å². The zero-order chi connectivity index (χ0) is 17.9. The fourth-order valence-electron chi connectivity index (χ4n) is 2.21. The number of nitrogens with one attached hydrogen (secondary N) is 2. The highest BCUT2D eigenvalue weighted by atomic mass is 32.2. The summed E-state index contributed by atoms with van der Waals surface area (Å²) < 4.78 is 42.7. The SMILES string of the molecule is COC(=O)Nc1ccc(S(=O)(=O)Nc2ccc3c(c2)OCCO3)cc1. The Balaban J connectivity index is 1.76. The molecule has 0 unspecified atom stereocenters. The number of rotatable bonds is 4. The van der Waals surface area contributed by atoms with Gasteiger partial charge in [-0.15, -0.1) is 0 Å². The minimum Gasteiger partial charge on any atom is -0.486 e. The summed E-state index contributed by atoms with van der Waals surface area (Å²) in [5.74, 6) is 1.07. The molecule has 0 fully saturated rings. The lowest BCUT2D eigenvalue weighted by Crippen LogP contribution is -2.17. The zero-order valence-corrected chi connectivity index (χ0v) is 14.1. The average Bonchev–Trinajstić information content (AvgIpc) is 2.61. The Morgan fingerprint density at radius 1 is 1.00 bits per heavy atom. The highest BCUT2D eigenvalue weighted by Gasteiger charge is 2.17. The molecule has 1 aliphatic heterocycles. The highest BCUT2D eigenvalue weighted by molar-refractivity contribution is 7.92. The maximum absolute atomic E-state index is 12.5. The lowest BCUT2D eigenvalue weighted by molar-refractivity contribution is 0.171. The van der Waals surface area contributed by atoms with Crippen LogP contribution in [0.15, 0.2) is 47.4 Å². The summed E-state index contributed by atoms with van der Waals surface area (Å²) in [5, 5.41) is 2.45. The summed E-state index contributed by atoms with van der Waals surface area (Å²) in [6, 6.07) is 10.5. The molecule has 25 heavy (non-hydrogen) atoms. The molecule has 1 aliphatic rings. The Morgan fingerprint density at radius 2 is 1.64 bits per heavy atom. The fourth-order valence-corrected chi connectivity index (χ4v) is 3.26. The van der Waals surface area contributed by atoms with Crippen LogP contribution in [0.2, 0.25) is 0 Å². The molecule has 2 N–H and O–H groups in total. The molecule has 3 rings (SSSR count). The highest BCUT2D eigenvalue weighted by Crippen LogP contribution is 2.33. The molecule has 0 bridgehead atoms. The van der Waals surface area contributed by atoms with Crippen LogP contribution in [0.4, 0.5) is 16.2 Å². The number of amides is 1. The summed E-state index contributed by atoms with van der Waals surface area (Å²) in [4.78, 5) is 11.2. The third-order valence-corrected chi connectivity index (χ3v) is 4.79. The Morgan fingerprint density at radius 3 is 2.32 bits per heavy atom. The summed E-state index contributed by atoms with van der Waals surface area (Å²) in [7, 11) is -2.54. The number of sulfonamides is 1. The molecular weight excluding hydrogens is 348 g/mol. The van der Waals surface area contributed by atoms with Crippen molar-refractivity contribution in [3.63, 3.8) is 0 Å². The van der Waals surface area contributed by atoms with Crippen molar-refractivity contribution in [2.24, 2.45) is 0 Å². The third-order valence-electron chi connectivity index (χ3n) is 3.39. The number of ether oxygens (including phenoxy) is 3. The maximum Gasteiger partial charge on any atom is 0.411 e. The van der Waals surface area contributed by atoms with Crippen LogP contribution in [0.1, 0.15) is 0 Å². The van der Waals surface area contributed by atoms with E-state index in [2.05, 4.69) is 14.8 Å². The number of methoxy groups -OCH3 is 1. The first-order chi connectivity index (χ1) is 12.0. The second kappa shape index (κ2) is 6.89. The maximum atomic E-state index is 12.5. The van der Waals surface area contributed by atoms with Gasteiger partial charge in [-0.05, 0) is 36.4 Å². The number of benzene rings is 2. The number of hydrogen-bond acceptors (Lipinski definition) is 6. The number of hydrogen-bond donors (Lipinski definition) is 2. The van der Waals surface area contributed by atoms with Crippen molar-refractivity contribution >= 4 is 27.5 Å². The predicted octanol–water partition coefficient (Wildman–Crippen LogP) is 2.44. The Bertz CT molecular complexity index is 880. The van der Waals surface area contributed by atoms with Crippen LogP contribution >= 0.6 is 0 Å². The predicted molar refractivity (Wildman–Crippen MR) is 90.7 cm³/mol. The number of carbonyl (C=O) groups is 1. The summed E-state index contributed by atoms with van der Waals surface area (Å²) in [6.45, 7) is 0.877. The molecule has 8 nitrogen and oxygen atoms in total. The van der Waals surface area contributed by atoms with Crippen molar-refractivity contribution < 1.29 is 27.4 Å². The standard InChI is InChI=1S/C16H16N2O6S/c1-22-16(19)17-11-2-5-13(6-3-11)25(20,21)18-12-4-7-14-15(10-12)24-9-8-23-14/h2-7,10,18H,8-9H2,1H3,(H,17,19). The Kier molecular flexibility index (Phi) is 4.66. The van der Waals surface area contributed by atoms with Gasteiger partial charge in [0.05, 0.1) is 17.7 Å². The largest absolute Gasteiger partial charge is 0.486 e. The van der Waals surface area contributed by atoms with E-state index in [0.717, 1.165) is 0 Å². The van der Waals surface area contributed by atoms with E-state index in [1.807, 2.05) is 0 Å². The smallest absolute Gasteiger partial charge is 0.411 e. The van der Waals surface area contributed by atoms with Gasteiger partial charge in [-0.3, -0.25) is 10.0 Å². The van der Waals surface area contributed by atoms with Crippen molar-refractivity contribution in [1.82, 2.24) is 0 Å². The third kappa shape index (κ3) is 3.94. The van der Waals surface area contributed by atoms with Gasteiger partial charge in [0.15, 0.2) is 11.5 Å². The van der Waals surface area contributed by atoms with Gasteiger partial charge >= 0.3 is 6.09 Å². The minimum absolute atomic E-state index is 0.0535. The van der Waals surface area contributed by atoms with Crippen molar-refractivity contribution in [2.75, 3.05) is 30.4 Å². The first-order valence-electron chi connectivity index (χ1n) is 7.35. The van der Waals surface area contributed by atoms with Gasteiger partial charge in [0.25, 0.3) is 10.0 Å². The number of carbonyl (C=O) groups excluding carboxylic acids is 1. The van der Waals surface area contributed by atoms with Crippen LogP contribution in [-0.2, 0) is 14.8 Å². The van der Waals surface area contributed by atoms with Crippen LogP contribution in [0.5, 0.6) is 11.5 Å². The van der Waals surface area contributed by atoms with Crippen molar-refractivity contribution in [3.8, 4) is 11.5 Å². The van der Waals surface area contributed by atoms with E-state index in [0.29, 0.717) is 36.1 Å². The number of anilines is 2. The molecule has 2 aromatic carbocycles. The van der Waals surface area contributed by atoms with Gasteiger partial charge in [-0.25, -0.2) is 13.2 Å². The van der Waals surface area contributed by atoms with Crippen LogP contribution < -0.4 is 19.5 Å². The van der Waals surface area contributed by atoms with Gasteiger partial charge in [-0.2, -0.15) is 0 Å². The first-order valence-corrected chi connectivity index (χ1v) is 8.84. The molecule has 0 spiro atoms. The second-order valence-electron chi connectivity index (χ2n) is 5.10. The fraction of sp³-hybridized carbons (Fsp3) is 0.188. The van der Waals surface area contributed by atoms with Gasteiger partial charge in [0, 0.05) is 11.8 Å². The average molecular weight is 364 g/mol. The quantitative estimate of drug-likeness (QED) is 0.864. The molecule has 0 aliphatic carbocycles. The van der Waals surface area contributed by atoms with Crippen LogP contribution in [0, 0.1) is 0 Å². The zero-order valence-electron chi connectivity index (χ0n) is 13.3. The molecule has 0 saturated heterocycles. The van der Waals surface area contributed by atoms with E-state index in [1.165, 1.54) is 31.4 Å². The van der Waals surface area contributed by atoms with Crippen molar-refractivity contribution in [2.45, 2.75) is 4.90 Å². The molecule has 0 radical (unpaired) electrons. The van der Waals surface area contributed by atoms with Gasteiger partial charge in [-0.1, -0.05) is 0 Å². The van der Waals surface area contributed by atoms with E-state index in [9.17, 15) is 13.2 Å². The van der Waals surface area contributed by atoms with Crippen molar-refractivity contribution in [3.05, 3.63) is 42.5 Å². The molecule has 1 heterocycles. The van der Waals surface area contributed by atoms with Crippen LogP contribution in [0.3, 0.4) is 0 Å². The molecule has 0 aromatic heterocycles. The molecule has 0 atom stereocenters.